The maximum Gasteiger partial charge on any atom is 0.207 e. The third-order valence-corrected chi connectivity index (χ3v) is 4.91. The maximum absolute atomic E-state index is 5.99. The molecule has 4 rings (SSSR count). The maximum atomic E-state index is 5.99. The summed E-state index contributed by atoms with van der Waals surface area (Å²) in [6, 6.07) is 13.5. The fraction of sp³-hybridized carbons (Fsp3) is 0.167. The number of ether oxygens (including phenoxy) is 2. The lowest BCUT2D eigenvalue weighted by Gasteiger charge is -2.28. The first-order chi connectivity index (χ1) is 11.6. The van der Waals surface area contributed by atoms with E-state index in [0.717, 1.165) is 33.5 Å². The fourth-order valence-electron chi connectivity index (χ4n) is 2.77. The van der Waals surface area contributed by atoms with Crippen LogP contribution in [-0.4, -0.2) is 23.8 Å². The van der Waals surface area contributed by atoms with Gasteiger partial charge in [0.2, 0.25) is 5.90 Å². The van der Waals surface area contributed by atoms with Crippen LogP contribution in [-0.2, 0) is 6.42 Å². The standard InChI is InChI=1S/C18H13BrN2O2S/c1-22-13-5-2-10(3-6-13)16-20-17-14(18(24)21-16)9-11-8-12(19)4-7-15(11)23-17/h2-8,14H,9H2,1H3. The summed E-state index contributed by atoms with van der Waals surface area (Å²) >= 11 is 9.00. The van der Waals surface area contributed by atoms with Crippen molar-refractivity contribution in [2.24, 2.45) is 15.9 Å². The number of fused-ring (bicyclic) bond motifs is 2. The van der Waals surface area contributed by atoms with E-state index in [-0.39, 0.29) is 5.92 Å². The molecule has 2 heterocycles. The number of methoxy groups -OCH3 is 1. The summed E-state index contributed by atoms with van der Waals surface area (Å²) in [6.45, 7) is 0. The zero-order valence-electron chi connectivity index (χ0n) is 12.8. The molecular formula is C18H13BrN2O2S. The van der Waals surface area contributed by atoms with Gasteiger partial charge < -0.3 is 9.47 Å². The van der Waals surface area contributed by atoms with Crippen LogP contribution >= 0.6 is 28.1 Å². The van der Waals surface area contributed by atoms with Crippen LogP contribution in [0.1, 0.15) is 11.1 Å². The van der Waals surface area contributed by atoms with E-state index < -0.39 is 0 Å². The number of thiocarbonyl (C=S) groups is 1. The average Bonchev–Trinajstić information content (AvgIpc) is 2.60. The number of amidine groups is 1. The molecule has 1 atom stereocenters. The molecule has 0 aromatic heterocycles. The molecule has 120 valence electrons. The van der Waals surface area contributed by atoms with E-state index in [2.05, 4.69) is 32.0 Å². The number of halogens is 1. The number of aliphatic imine (C=N–C) groups is 2. The molecule has 0 fully saturated rings. The molecule has 0 saturated heterocycles. The predicted molar refractivity (Wildman–Crippen MR) is 102 cm³/mol. The van der Waals surface area contributed by atoms with Gasteiger partial charge in [-0.15, -0.1) is 0 Å². The summed E-state index contributed by atoms with van der Waals surface area (Å²) in [5.41, 5.74) is 1.99. The van der Waals surface area contributed by atoms with Gasteiger partial charge >= 0.3 is 0 Å². The topological polar surface area (TPSA) is 43.2 Å². The van der Waals surface area contributed by atoms with Crippen molar-refractivity contribution in [3.63, 3.8) is 0 Å². The van der Waals surface area contributed by atoms with E-state index in [1.165, 1.54) is 0 Å². The average molecular weight is 401 g/mol. The van der Waals surface area contributed by atoms with E-state index in [1.54, 1.807) is 7.11 Å². The summed E-state index contributed by atoms with van der Waals surface area (Å²) in [6.07, 6.45) is 0.756. The van der Waals surface area contributed by atoms with Crippen molar-refractivity contribution < 1.29 is 9.47 Å². The first kappa shape index (κ1) is 15.5. The van der Waals surface area contributed by atoms with Gasteiger partial charge in [-0.25, -0.2) is 4.99 Å². The molecule has 0 radical (unpaired) electrons. The highest BCUT2D eigenvalue weighted by atomic mass is 79.9. The van der Waals surface area contributed by atoms with Crippen LogP contribution < -0.4 is 9.47 Å². The Morgan fingerprint density at radius 1 is 1.17 bits per heavy atom. The van der Waals surface area contributed by atoms with Gasteiger partial charge in [0.1, 0.15) is 16.5 Å². The van der Waals surface area contributed by atoms with Crippen molar-refractivity contribution in [1.29, 1.82) is 0 Å². The Morgan fingerprint density at radius 3 is 2.71 bits per heavy atom. The molecule has 0 aliphatic carbocycles. The zero-order chi connectivity index (χ0) is 16.7. The second kappa shape index (κ2) is 6.11. The number of benzene rings is 2. The van der Waals surface area contributed by atoms with Crippen molar-refractivity contribution in [1.82, 2.24) is 0 Å². The lowest BCUT2D eigenvalue weighted by molar-refractivity contribution is 0.415. The minimum Gasteiger partial charge on any atom is -0.497 e. The van der Waals surface area contributed by atoms with Gasteiger partial charge in [-0.1, -0.05) is 28.1 Å². The summed E-state index contributed by atoms with van der Waals surface area (Å²) in [7, 11) is 1.64. The summed E-state index contributed by atoms with van der Waals surface area (Å²) < 4.78 is 12.2. The molecule has 0 saturated carbocycles. The van der Waals surface area contributed by atoms with Crippen molar-refractivity contribution in [2.75, 3.05) is 7.11 Å². The Labute approximate surface area is 153 Å². The molecule has 0 bridgehead atoms. The SMILES string of the molecule is COc1ccc(C2=NC(=S)C3Cc4cc(Br)ccc4OC3=N2)cc1. The van der Waals surface area contributed by atoms with E-state index in [9.17, 15) is 0 Å². The molecule has 0 spiro atoms. The largest absolute Gasteiger partial charge is 0.497 e. The molecule has 2 aromatic rings. The van der Waals surface area contributed by atoms with Gasteiger partial charge in [0.05, 0.1) is 13.0 Å². The Kier molecular flexibility index (Phi) is 3.94. The highest BCUT2D eigenvalue weighted by molar-refractivity contribution is 9.10. The number of rotatable bonds is 2. The minimum atomic E-state index is -0.0798. The van der Waals surface area contributed by atoms with Crippen molar-refractivity contribution in [3.05, 3.63) is 58.1 Å². The van der Waals surface area contributed by atoms with E-state index >= 15 is 0 Å². The van der Waals surface area contributed by atoms with Crippen LogP contribution in [0.4, 0.5) is 0 Å². The van der Waals surface area contributed by atoms with E-state index in [1.807, 2.05) is 36.4 Å². The zero-order valence-corrected chi connectivity index (χ0v) is 15.2. The van der Waals surface area contributed by atoms with Crippen LogP contribution in [0, 0.1) is 5.92 Å². The first-order valence-corrected chi connectivity index (χ1v) is 8.66. The van der Waals surface area contributed by atoms with E-state index in [0.29, 0.717) is 16.7 Å². The van der Waals surface area contributed by atoms with Crippen molar-refractivity contribution in [3.8, 4) is 11.5 Å². The van der Waals surface area contributed by atoms with Gasteiger partial charge in [0.25, 0.3) is 0 Å². The van der Waals surface area contributed by atoms with Crippen LogP contribution in [0.15, 0.2) is 56.9 Å². The normalized spacial score (nSPS) is 18.8. The summed E-state index contributed by atoms with van der Waals surface area (Å²) in [4.78, 5) is 9.73. The third-order valence-electron chi connectivity index (χ3n) is 4.04. The number of hydrogen-bond donors (Lipinski definition) is 0. The Balaban J connectivity index is 1.69. The lowest BCUT2D eigenvalue weighted by atomic mass is 9.94. The molecule has 1 unspecified atom stereocenters. The molecule has 6 heteroatoms. The van der Waals surface area contributed by atoms with Crippen LogP contribution in [0.3, 0.4) is 0 Å². The Morgan fingerprint density at radius 2 is 1.96 bits per heavy atom. The lowest BCUT2D eigenvalue weighted by Crippen LogP contribution is -2.36. The van der Waals surface area contributed by atoms with Crippen molar-refractivity contribution >= 4 is 44.9 Å². The molecule has 0 amide bonds. The van der Waals surface area contributed by atoms with Crippen molar-refractivity contribution in [2.45, 2.75) is 6.42 Å². The van der Waals surface area contributed by atoms with Gasteiger partial charge in [0, 0.05) is 10.0 Å². The second-order valence-corrected chi connectivity index (χ2v) is 6.90. The summed E-state index contributed by atoms with van der Waals surface area (Å²) in [5.74, 6) is 2.73. The molecule has 24 heavy (non-hydrogen) atoms. The molecule has 4 nitrogen and oxygen atoms in total. The first-order valence-electron chi connectivity index (χ1n) is 7.46. The van der Waals surface area contributed by atoms with Gasteiger partial charge in [-0.05, 0) is 54.4 Å². The molecule has 2 aliphatic rings. The molecule has 2 aliphatic heterocycles. The van der Waals surface area contributed by atoms with Gasteiger partial charge in [-0.2, -0.15) is 4.99 Å². The molecular weight excluding hydrogens is 388 g/mol. The molecule has 2 aromatic carbocycles. The Hall–Kier alpha value is -2.05. The predicted octanol–water partition coefficient (Wildman–Crippen LogP) is 4.20. The fourth-order valence-corrected chi connectivity index (χ4v) is 3.45. The molecule has 0 N–H and O–H groups in total. The third kappa shape index (κ3) is 2.76. The highest BCUT2D eigenvalue weighted by Crippen LogP contribution is 2.33. The monoisotopic (exact) mass is 400 g/mol. The summed E-state index contributed by atoms with van der Waals surface area (Å²) in [5, 5.41) is 0. The number of nitrogens with zero attached hydrogens (tertiary/aromatic N) is 2. The van der Waals surface area contributed by atoms with Gasteiger partial charge in [0.15, 0.2) is 5.84 Å². The quantitative estimate of drug-likeness (QED) is 0.709. The smallest absolute Gasteiger partial charge is 0.207 e. The van der Waals surface area contributed by atoms with Gasteiger partial charge in [-0.3, -0.25) is 0 Å². The Bertz CT molecular complexity index is 890. The number of hydrogen-bond acceptors (Lipinski definition) is 4. The second-order valence-electron chi connectivity index (χ2n) is 5.56. The van der Waals surface area contributed by atoms with Crippen LogP contribution in [0.25, 0.3) is 0 Å². The van der Waals surface area contributed by atoms with Crippen LogP contribution in [0.5, 0.6) is 11.5 Å². The minimum absolute atomic E-state index is 0.0798. The van der Waals surface area contributed by atoms with E-state index in [4.69, 9.17) is 21.7 Å². The van der Waals surface area contributed by atoms with Crippen LogP contribution in [0.2, 0.25) is 0 Å². The highest BCUT2D eigenvalue weighted by Gasteiger charge is 2.33.